The molecule has 0 aliphatic heterocycles. The van der Waals surface area contributed by atoms with Gasteiger partial charge in [-0.3, -0.25) is 0 Å². The zero-order chi connectivity index (χ0) is 11.3. The molecule has 0 radical (unpaired) electrons. The topological polar surface area (TPSA) is 23.5 Å². The number of hydrogen-bond donors (Lipinski definition) is 1. The summed E-state index contributed by atoms with van der Waals surface area (Å²) in [5.74, 6) is 0.977. The summed E-state index contributed by atoms with van der Waals surface area (Å²) < 4.78 is 0. The maximum atomic E-state index is 9.20. The molecule has 0 aromatic carbocycles. The second kappa shape index (κ2) is 5.86. The molecule has 0 unspecified atom stereocenters. The molecule has 15 heavy (non-hydrogen) atoms. The van der Waals surface area contributed by atoms with Crippen molar-refractivity contribution in [2.45, 2.75) is 46.0 Å². The molecule has 0 saturated heterocycles. The van der Waals surface area contributed by atoms with Gasteiger partial charge in [-0.25, -0.2) is 0 Å². The first kappa shape index (κ1) is 13.0. The van der Waals surface area contributed by atoms with E-state index in [-0.39, 0.29) is 12.0 Å². The third kappa shape index (κ3) is 4.98. The lowest BCUT2D eigenvalue weighted by Gasteiger charge is -2.29. The first-order valence-corrected chi connectivity index (χ1v) is 6.33. The molecular weight excluding hydrogens is 186 g/mol. The highest BCUT2D eigenvalue weighted by atomic mass is 16.3. The molecule has 0 spiro atoms. The fourth-order valence-corrected chi connectivity index (χ4v) is 2.56. The van der Waals surface area contributed by atoms with Crippen LogP contribution in [0.15, 0.2) is 0 Å². The smallest absolute Gasteiger partial charge is 0.0494 e. The van der Waals surface area contributed by atoms with Gasteiger partial charge in [0.05, 0.1) is 0 Å². The lowest BCUT2D eigenvalue weighted by atomic mass is 9.94. The molecule has 0 heterocycles. The van der Waals surface area contributed by atoms with Crippen molar-refractivity contribution in [3.05, 3.63) is 0 Å². The van der Waals surface area contributed by atoms with Crippen LogP contribution in [0.1, 0.15) is 46.0 Å². The van der Waals surface area contributed by atoms with Crippen LogP contribution in [0.25, 0.3) is 0 Å². The minimum atomic E-state index is 0.0461. The van der Waals surface area contributed by atoms with Crippen LogP contribution in [0.5, 0.6) is 0 Å². The lowest BCUT2D eigenvalue weighted by Crippen LogP contribution is -2.34. The highest BCUT2D eigenvalue weighted by Crippen LogP contribution is 2.27. The minimum Gasteiger partial charge on any atom is -0.396 e. The van der Waals surface area contributed by atoms with Crippen molar-refractivity contribution in [1.29, 1.82) is 0 Å². The van der Waals surface area contributed by atoms with Crippen molar-refractivity contribution in [2.24, 2.45) is 11.3 Å². The number of aliphatic hydroxyl groups excluding tert-OH is 1. The summed E-state index contributed by atoms with van der Waals surface area (Å²) in [6.45, 7) is 6.71. The van der Waals surface area contributed by atoms with Gasteiger partial charge in [-0.1, -0.05) is 39.5 Å². The Bertz CT molecular complexity index is 173. The fraction of sp³-hybridized carbons (Fsp3) is 1.00. The van der Waals surface area contributed by atoms with E-state index in [4.69, 9.17) is 0 Å². The number of hydrogen-bond acceptors (Lipinski definition) is 2. The summed E-state index contributed by atoms with van der Waals surface area (Å²) in [6, 6.07) is 0. The summed E-state index contributed by atoms with van der Waals surface area (Å²) in [7, 11) is 2.17. The van der Waals surface area contributed by atoms with Gasteiger partial charge in [0.15, 0.2) is 0 Å². The number of aliphatic hydroxyl groups is 1. The molecule has 0 amide bonds. The predicted octanol–water partition coefficient (Wildman–Crippen LogP) is 2.52. The van der Waals surface area contributed by atoms with E-state index in [1.54, 1.807) is 0 Å². The summed E-state index contributed by atoms with van der Waals surface area (Å²) in [5, 5.41) is 9.20. The normalized spacial score (nSPS) is 19.0. The molecule has 2 nitrogen and oxygen atoms in total. The fourth-order valence-electron chi connectivity index (χ4n) is 2.56. The Morgan fingerprint density at radius 1 is 1.27 bits per heavy atom. The Morgan fingerprint density at radius 3 is 2.40 bits per heavy atom. The van der Waals surface area contributed by atoms with Crippen LogP contribution in [0.4, 0.5) is 0 Å². The maximum absolute atomic E-state index is 9.20. The van der Waals surface area contributed by atoms with E-state index in [9.17, 15) is 5.11 Å². The largest absolute Gasteiger partial charge is 0.396 e. The molecular formula is C13H27NO. The van der Waals surface area contributed by atoms with Crippen LogP contribution in [0.2, 0.25) is 0 Å². The molecule has 0 aromatic rings. The molecule has 90 valence electrons. The average molecular weight is 213 g/mol. The van der Waals surface area contributed by atoms with Gasteiger partial charge in [0.1, 0.15) is 0 Å². The number of nitrogens with zero attached hydrogens (tertiary/aromatic N) is 1. The zero-order valence-electron chi connectivity index (χ0n) is 10.6. The van der Waals surface area contributed by atoms with Gasteiger partial charge < -0.3 is 10.0 Å². The van der Waals surface area contributed by atoms with Crippen molar-refractivity contribution < 1.29 is 5.11 Å². The molecule has 0 aromatic heterocycles. The van der Waals surface area contributed by atoms with Crippen LogP contribution < -0.4 is 0 Å². The molecule has 0 atom stereocenters. The average Bonchev–Trinajstić information content (AvgIpc) is 2.66. The second-order valence-corrected chi connectivity index (χ2v) is 6.00. The highest BCUT2D eigenvalue weighted by molar-refractivity contribution is 4.73. The maximum Gasteiger partial charge on any atom is 0.0494 e. The standard InChI is InChI=1S/C13H27NO/c1-13(2,11-15)10-14(3)9-8-12-6-4-5-7-12/h12,15H,4-11H2,1-3H3. The number of rotatable bonds is 6. The molecule has 2 heteroatoms. The molecule has 1 aliphatic carbocycles. The Morgan fingerprint density at radius 2 is 1.87 bits per heavy atom. The summed E-state index contributed by atoms with van der Waals surface area (Å²) >= 11 is 0. The molecule has 1 rings (SSSR count). The van der Waals surface area contributed by atoms with Crippen LogP contribution in [0, 0.1) is 11.3 Å². The molecule has 1 saturated carbocycles. The van der Waals surface area contributed by atoms with Gasteiger partial charge in [0.25, 0.3) is 0 Å². The van der Waals surface area contributed by atoms with Crippen molar-refractivity contribution in [3.63, 3.8) is 0 Å². The van der Waals surface area contributed by atoms with Crippen LogP contribution >= 0.6 is 0 Å². The SMILES string of the molecule is CN(CCC1CCCC1)CC(C)(C)CO. The summed E-state index contributed by atoms with van der Waals surface area (Å²) in [4.78, 5) is 2.37. The van der Waals surface area contributed by atoms with E-state index >= 15 is 0 Å². The van der Waals surface area contributed by atoms with E-state index in [0.29, 0.717) is 0 Å². The quantitative estimate of drug-likeness (QED) is 0.733. The van der Waals surface area contributed by atoms with Gasteiger partial charge in [-0.2, -0.15) is 0 Å². The Kier molecular flexibility index (Phi) is 5.07. The third-order valence-electron chi connectivity index (χ3n) is 3.52. The van der Waals surface area contributed by atoms with Crippen LogP contribution in [-0.4, -0.2) is 36.8 Å². The lowest BCUT2D eigenvalue weighted by molar-refractivity contribution is 0.112. The predicted molar refractivity (Wildman–Crippen MR) is 64.9 cm³/mol. The van der Waals surface area contributed by atoms with Crippen LogP contribution in [0.3, 0.4) is 0 Å². The second-order valence-electron chi connectivity index (χ2n) is 6.00. The molecule has 0 bridgehead atoms. The van der Waals surface area contributed by atoms with Crippen molar-refractivity contribution >= 4 is 0 Å². The summed E-state index contributed by atoms with van der Waals surface area (Å²) in [5.41, 5.74) is 0.0461. The van der Waals surface area contributed by atoms with E-state index in [2.05, 4.69) is 25.8 Å². The third-order valence-corrected chi connectivity index (χ3v) is 3.52. The summed E-state index contributed by atoms with van der Waals surface area (Å²) in [6.07, 6.45) is 7.11. The van der Waals surface area contributed by atoms with E-state index in [1.165, 1.54) is 38.6 Å². The molecule has 1 fully saturated rings. The van der Waals surface area contributed by atoms with Gasteiger partial charge in [-0.05, 0) is 25.9 Å². The van der Waals surface area contributed by atoms with Gasteiger partial charge in [0.2, 0.25) is 0 Å². The Hall–Kier alpha value is -0.0800. The van der Waals surface area contributed by atoms with Crippen LogP contribution in [-0.2, 0) is 0 Å². The molecule has 1 aliphatic rings. The Labute approximate surface area is 94.7 Å². The van der Waals surface area contributed by atoms with Gasteiger partial charge >= 0.3 is 0 Å². The van der Waals surface area contributed by atoms with Crippen molar-refractivity contribution in [2.75, 3.05) is 26.7 Å². The van der Waals surface area contributed by atoms with E-state index < -0.39 is 0 Å². The van der Waals surface area contributed by atoms with E-state index in [0.717, 1.165) is 12.5 Å². The molecule has 1 N–H and O–H groups in total. The Balaban J connectivity index is 2.15. The highest BCUT2D eigenvalue weighted by Gasteiger charge is 2.20. The first-order valence-electron chi connectivity index (χ1n) is 6.33. The van der Waals surface area contributed by atoms with Gasteiger partial charge in [-0.15, -0.1) is 0 Å². The van der Waals surface area contributed by atoms with Crippen molar-refractivity contribution in [3.8, 4) is 0 Å². The first-order chi connectivity index (χ1) is 7.03. The monoisotopic (exact) mass is 213 g/mol. The van der Waals surface area contributed by atoms with Crippen molar-refractivity contribution in [1.82, 2.24) is 4.90 Å². The van der Waals surface area contributed by atoms with E-state index in [1.807, 2.05) is 0 Å². The van der Waals surface area contributed by atoms with Gasteiger partial charge in [0, 0.05) is 18.6 Å². The zero-order valence-corrected chi connectivity index (χ0v) is 10.6. The minimum absolute atomic E-state index is 0.0461.